The van der Waals surface area contributed by atoms with Crippen LogP contribution in [0.3, 0.4) is 0 Å². The van der Waals surface area contributed by atoms with E-state index in [4.69, 9.17) is 0 Å². The van der Waals surface area contributed by atoms with E-state index in [9.17, 15) is 9.59 Å². The summed E-state index contributed by atoms with van der Waals surface area (Å²) in [5.41, 5.74) is 2.88. The molecule has 1 amide bonds. The summed E-state index contributed by atoms with van der Waals surface area (Å²) in [4.78, 5) is 30.5. The van der Waals surface area contributed by atoms with Crippen molar-refractivity contribution in [1.82, 2.24) is 19.4 Å². The molecule has 0 radical (unpaired) electrons. The van der Waals surface area contributed by atoms with Gasteiger partial charge >= 0.3 is 5.69 Å². The van der Waals surface area contributed by atoms with Crippen LogP contribution in [0.15, 0.2) is 59.4 Å². The van der Waals surface area contributed by atoms with E-state index in [0.717, 1.165) is 56.6 Å². The van der Waals surface area contributed by atoms with Crippen molar-refractivity contribution in [2.75, 3.05) is 37.6 Å². The molecule has 3 aromatic rings. The summed E-state index contributed by atoms with van der Waals surface area (Å²) in [6.07, 6.45) is 1.76. The first-order valence-electron chi connectivity index (χ1n) is 12.1. The molecule has 1 N–H and O–H groups in total. The number of carbonyl (C=O) groups is 1. The van der Waals surface area contributed by atoms with Crippen molar-refractivity contribution in [2.45, 2.75) is 45.8 Å². The fraction of sp³-hybridized carbons (Fsp3) is 0.462. The van der Waals surface area contributed by atoms with Gasteiger partial charge in [-0.25, -0.2) is 4.79 Å². The predicted octanol–water partition coefficient (Wildman–Crippen LogP) is 2.93. The molecule has 1 saturated heterocycles. The van der Waals surface area contributed by atoms with E-state index in [1.54, 1.807) is 9.13 Å². The Morgan fingerprint density at radius 3 is 2.21 bits per heavy atom. The summed E-state index contributed by atoms with van der Waals surface area (Å²) in [5.74, 6) is -0.113. The van der Waals surface area contributed by atoms with Gasteiger partial charge in [0.1, 0.15) is 6.54 Å². The summed E-state index contributed by atoms with van der Waals surface area (Å²) >= 11 is 0. The standard InChI is InChI=1S/C26H35N5O2/c1-3-14-30-23-11-7-8-12-24(23)31(26(30)33)20-25(32)27-21(2)13-15-28-16-18-29(19-17-28)22-9-5-4-6-10-22/h4-12,21H,3,13-20H2,1-2H3,(H,27,32). The quantitative estimate of drug-likeness (QED) is 0.546. The minimum absolute atomic E-state index is 0.0517. The Bertz CT molecular complexity index is 1110. The van der Waals surface area contributed by atoms with Gasteiger partial charge < -0.3 is 10.2 Å². The molecule has 0 saturated carbocycles. The number of rotatable bonds is 9. The minimum atomic E-state index is -0.114. The Labute approximate surface area is 195 Å². The lowest BCUT2D eigenvalue weighted by atomic mass is 10.2. The zero-order chi connectivity index (χ0) is 23.2. The van der Waals surface area contributed by atoms with Gasteiger partial charge in [0.05, 0.1) is 11.0 Å². The van der Waals surface area contributed by atoms with Gasteiger partial charge in [0, 0.05) is 51.0 Å². The highest BCUT2D eigenvalue weighted by atomic mass is 16.2. The zero-order valence-corrected chi connectivity index (χ0v) is 19.7. The van der Waals surface area contributed by atoms with Crippen LogP contribution in [0.4, 0.5) is 5.69 Å². The highest BCUT2D eigenvalue weighted by molar-refractivity contribution is 5.81. The Hall–Kier alpha value is -3.06. The maximum Gasteiger partial charge on any atom is 0.329 e. The number of anilines is 1. The Kier molecular flexibility index (Phi) is 7.50. The number of nitrogens with zero attached hydrogens (tertiary/aromatic N) is 4. The lowest BCUT2D eigenvalue weighted by molar-refractivity contribution is -0.122. The van der Waals surface area contributed by atoms with Crippen LogP contribution >= 0.6 is 0 Å². The van der Waals surface area contributed by atoms with Crippen molar-refractivity contribution in [3.8, 4) is 0 Å². The molecule has 2 heterocycles. The molecule has 7 nitrogen and oxygen atoms in total. The Morgan fingerprint density at radius 2 is 1.55 bits per heavy atom. The highest BCUT2D eigenvalue weighted by Crippen LogP contribution is 2.16. The third-order valence-corrected chi connectivity index (χ3v) is 6.45. The molecule has 4 rings (SSSR count). The average molecular weight is 450 g/mol. The first kappa shape index (κ1) is 23.1. The van der Waals surface area contributed by atoms with Gasteiger partial charge in [-0.2, -0.15) is 0 Å². The van der Waals surface area contributed by atoms with E-state index in [2.05, 4.69) is 52.4 Å². The van der Waals surface area contributed by atoms with Gasteiger partial charge in [-0.05, 0) is 44.0 Å². The number of aryl methyl sites for hydroxylation is 1. The zero-order valence-electron chi connectivity index (χ0n) is 19.7. The summed E-state index contributed by atoms with van der Waals surface area (Å²) in [7, 11) is 0. The predicted molar refractivity (Wildman–Crippen MR) is 134 cm³/mol. The molecule has 1 fully saturated rings. The normalized spacial score (nSPS) is 15.6. The van der Waals surface area contributed by atoms with Crippen molar-refractivity contribution in [3.05, 3.63) is 65.1 Å². The van der Waals surface area contributed by atoms with Crippen molar-refractivity contribution < 1.29 is 4.79 Å². The number of hydrogen-bond acceptors (Lipinski definition) is 4. The number of para-hydroxylation sites is 3. The number of piperazine rings is 1. The largest absolute Gasteiger partial charge is 0.369 e. The number of hydrogen-bond donors (Lipinski definition) is 1. The van der Waals surface area contributed by atoms with Crippen molar-refractivity contribution >= 4 is 22.6 Å². The SMILES string of the molecule is CCCn1c(=O)n(CC(=O)NC(C)CCN2CCN(c3ccccc3)CC2)c2ccccc21. The van der Waals surface area contributed by atoms with Gasteiger partial charge in [0.25, 0.3) is 0 Å². The molecule has 2 aromatic carbocycles. The molecule has 1 unspecified atom stereocenters. The number of fused-ring (bicyclic) bond motifs is 1. The van der Waals surface area contributed by atoms with Crippen LogP contribution in [0.5, 0.6) is 0 Å². The molecule has 0 spiro atoms. The van der Waals surface area contributed by atoms with Crippen LogP contribution in [0.2, 0.25) is 0 Å². The molecule has 1 aromatic heterocycles. The third-order valence-electron chi connectivity index (χ3n) is 6.45. The second kappa shape index (κ2) is 10.7. The lowest BCUT2D eigenvalue weighted by Crippen LogP contribution is -2.47. The van der Waals surface area contributed by atoms with E-state index in [0.29, 0.717) is 6.54 Å². The molecular weight excluding hydrogens is 414 g/mol. The molecule has 1 aliphatic rings. The van der Waals surface area contributed by atoms with E-state index in [1.807, 2.05) is 31.2 Å². The van der Waals surface area contributed by atoms with Gasteiger partial charge in [0.2, 0.25) is 5.91 Å². The monoisotopic (exact) mass is 449 g/mol. The molecule has 33 heavy (non-hydrogen) atoms. The van der Waals surface area contributed by atoms with Gasteiger partial charge in [-0.15, -0.1) is 0 Å². The molecule has 1 aliphatic heterocycles. The number of aromatic nitrogens is 2. The summed E-state index contributed by atoms with van der Waals surface area (Å²) in [6, 6.07) is 18.3. The van der Waals surface area contributed by atoms with Gasteiger partial charge in [0.15, 0.2) is 0 Å². The van der Waals surface area contributed by atoms with Crippen LogP contribution in [0.1, 0.15) is 26.7 Å². The summed E-state index contributed by atoms with van der Waals surface area (Å²) in [6.45, 7) is 9.86. The van der Waals surface area contributed by atoms with Crippen LogP contribution < -0.4 is 15.9 Å². The second-order valence-electron chi connectivity index (χ2n) is 8.93. The second-order valence-corrected chi connectivity index (χ2v) is 8.93. The van der Waals surface area contributed by atoms with Crippen LogP contribution in [0.25, 0.3) is 11.0 Å². The van der Waals surface area contributed by atoms with Crippen molar-refractivity contribution in [1.29, 1.82) is 0 Å². The fourth-order valence-corrected chi connectivity index (χ4v) is 4.65. The maximum absolute atomic E-state index is 12.9. The molecule has 0 bridgehead atoms. The molecule has 1 atom stereocenters. The number of imidazole rings is 1. The van der Waals surface area contributed by atoms with E-state index in [1.165, 1.54) is 5.69 Å². The molecule has 7 heteroatoms. The number of carbonyl (C=O) groups excluding carboxylic acids is 1. The van der Waals surface area contributed by atoms with Gasteiger partial charge in [-0.3, -0.25) is 18.8 Å². The van der Waals surface area contributed by atoms with Crippen molar-refractivity contribution in [3.63, 3.8) is 0 Å². The molecular formula is C26H35N5O2. The molecule has 176 valence electrons. The summed E-state index contributed by atoms with van der Waals surface area (Å²) < 4.78 is 3.36. The van der Waals surface area contributed by atoms with Crippen LogP contribution in [-0.4, -0.2) is 58.7 Å². The van der Waals surface area contributed by atoms with E-state index < -0.39 is 0 Å². The maximum atomic E-state index is 12.9. The van der Waals surface area contributed by atoms with Crippen molar-refractivity contribution in [2.24, 2.45) is 0 Å². The fourth-order valence-electron chi connectivity index (χ4n) is 4.65. The number of benzene rings is 2. The van der Waals surface area contributed by atoms with E-state index in [-0.39, 0.29) is 24.2 Å². The first-order chi connectivity index (χ1) is 16.1. The van der Waals surface area contributed by atoms with Gasteiger partial charge in [-0.1, -0.05) is 37.3 Å². The Balaban J connectivity index is 1.27. The topological polar surface area (TPSA) is 62.5 Å². The molecule has 0 aliphatic carbocycles. The average Bonchev–Trinajstić information content (AvgIpc) is 3.10. The number of amides is 1. The summed E-state index contributed by atoms with van der Waals surface area (Å²) in [5, 5.41) is 3.09. The highest BCUT2D eigenvalue weighted by Gasteiger charge is 2.19. The number of nitrogens with one attached hydrogen (secondary N) is 1. The minimum Gasteiger partial charge on any atom is -0.369 e. The first-order valence-corrected chi connectivity index (χ1v) is 12.1. The van der Waals surface area contributed by atoms with Crippen LogP contribution in [-0.2, 0) is 17.9 Å². The van der Waals surface area contributed by atoms with E-state index >= 15 is 0 Å². The van der Waals surface area contributed by atoms with Crippen LogP contribution in [0, 0.1) is 0 Å². The Morgan fingerprint density at radius 1 is 0.909 bits per heavy atom. The third kappa shape index (κ3) is 5.47. The lowest BCUT2D eigenvalue weighted by Gasteiger charge is -2.36. The smallest absolute Gasteiger partial charge is 0.329 e.